The Morgan fingerprint density at radius 1 is 1.09 bits per heavy atom. The van der Waals surface area contributed by atoms with Crippen molar-refractivity contribution in [1.29, 1.82) is 0 Å². The van der Waals surface area contributed by atoms with E-state index in [1.807, 2.05) is 50.4 Å². The van der Waals surface area contributed by atoms with Crippen LogP contribution in [0.2, 0.25) is 0 Å². The van der Waals surface area contributed by atoms with E-state index in [2.05, 4.69) is 15.2 Å². The molecule has 0 atom stereocenters. The minimum absolute atomic E-state index is 0.375. The van der Waals surface area contributed by atoms with E-state index in [4.69, 9.17) is 19.2 Å². The average molecular weight is 475 g/mol. The van der Waals surface area contributed by atoms with Crippen molar-refractivity contribution in [3.05, 3.63) is 82.2 Å². The molecule has 0 saturated carbocycles. The molecule has 8 heteroatoms. The Labute approximate surface area is 205 Å². The number of aliphatic imine (C=N–C) groups is 1. The number of hydrogen-bond donors (Lipinski definition) is 1. The topological polar surface area (TPSA) is 85.3 Å². The lowest BCUT2D eigenvalue weighted by Crippen LogP contribution is -2.39. The quantitative estimate of drug-likeness (QED) is 0.505. The smallest absolute Gasteiger partial charge is 0.337 e. The monoisotopic (exact) mass is 474 g/mol. The SMILES string of the molecule is COC(=O)c1ccc2c(c1)NC(=NCc1ncc(C)c(OC)c1C)N(Cc1ccc(OC)cc1)C2. The molecular formula is C27H30N4O4. The second kappa shape index (κ2) is 10.5. The van der Waals surface area contributed by atoms with Crippen LogP contribution in [0.1, 0.15) is 38.3 Å². The third-order valence-corrected chi connectivity index (χ3v) is 6.10. The van der Waals surface area contributed by atoms with Crippen molar-refractivity contribution in [3.63, 3.8) is 0 Å². The molecule has 0 aliphatic carbocycles. The average Bonchev–Trinajstić information content (AvgIpc) is 2.88. The number of pyridine rings is 1. The molecule has 0 saturated heterocycles. The van der Waals surface area contributed by atoms with E-state index in [0.717, 1.165) is 45.1 Å². The van der Waals surface area contributed by atoms with E-state index in [-0.39, 0.29) is 5.97 Å². The number of benzene rings is 2. The number of anilines is 1. The molecule has 182 valence electrons. The molecule has 2 heterocycles. The number of fused-ring (bicyclic) bond motifs is 1. The zero-order chi connectivity index (χ0) is 24.9. The number of carbonyl (C=O) groups excluding carboxylic acids is 1. The summed E-state index contributed by atoms with van der Waals surface area (Å²) in [5.41, 5.74) is 6.33. The molecule has 0 unspecified atom stereocenters. The van der Waals surface area contributed by atoms with Crippen molar-refractivity contribution in [1.82, 2.24) is 9.88 Å². The predicted molar refractivity (Wildman–Crippen MR) is 135 cm³/mol. The fourth-order valence-corrected chi connectivity index (χ4v) is 4.16. The summed E-state index contributed by atoms with van der Waals surface area (Å²) in [6.07, 6.45) is 1.81. The summed E-state index contributed by atoms with van der Waals surface area (Å²) in [6, 6.07) is 13.5. The van der Waals surface area contributed by atoms with Crippen LogP contribution in [0.5, 0.6) is 11.5 Å². The molecule has 0 spiro atoms. The first-order valence-corrected chi connectivity index (χ1v) is 11.3. The molecule has 2 aromatic carbocycles. The van der Waals surface area contributed by atoms with Crippen LogP contribution in [0, 0.1) is 13.8 Å². The molecule has 0 radical (unpaired) electrons. The van der Waals surface area contributed by atoms with Gasteiger partial charge in [0, 0.05) is 36.1 Å². The van der Waals surface area contributed by atoms with Gasteiger partial charge in [-0.1, -0.05) is 18.2 Å². The van der Waals surface area contributed by atoms with Gasteiger partial charge in [0.25, 0.3) is 0 Å². The highest BCUT2D eigenvalue weighted by Crippen LogP contribution is 2.28. The normalized spacial score (nSPS) is 13.7. The van der Waals surface area contributed by atoms with Crippen LogP contribution in [0.4, 0.5) is 5.69 Å². The standard InChI is InChI=1S/C27H30N4O4/c1-17-13-28-24(18(2)25(17)34-4)14-29-27-30-23-12-20(26(32)35-5)8-9-21(23)16-31(27)15-19-6-10-22(33-3)11-7-19/h6-13H,14-16H2,1-5H3,(H,29,30). The van der Waals surface area contributed by atoms with Gasteiger partial charge in [0.05, 0.1) is 39.1 Å². The number of guanidine groups is 1. The second-order valence-electron chi connectivity index (χ2n) is 8.38. The Bertz CT molecular complexity index is 1250. The highest BCUT2D eigenvalue weighted by molar-refractivity contribution is 5.98. The third-order valence-electron chi connectivity index (χ3n) is 6.10. The van der Waals surface area contributed by atoms with Crippen LogP contribution >= 0.6 is 0 Å². The Balaban J connectivity index is 1.66. The van der Waals surface area contributed by atoms with Crippen LogP contribution in [0.3, 0.4) is 0 Å². The highest BCUT2D eigenvalue weighted by Gasteiger charge is 2.23. The number of nitrogens with one attached hydrogen (secondary N) is 1. The van der Waals surface area contributed by atoms with Crippen LogP contribution in [0.25, 0.3) is 0 Å². The lowest BCUT2D eigenvalue weighted by molar-refractivity contribution is 0.0600. The fourth-order valence-electron chi connectivity index (χ4n) is 4.16. The predicted octanol–water partition coefficient (Wildman–Crippen LogP) is 4.49. The largest absolute Gasteiger partial charge is 0.497 e. The molecule has 1 aliphatic heterocycles. The van der Waals surface area contributed by atoms with E-state index < -0.39 is 0 Å². The van der Waals surface area contributed by atoms with Crippen LogP contribution < -0.4 is 14.8 Å². The van der Waals surface area contributed by atoms with E-state index in [1.165, 1.54) is 7.11 Å². The Morgan fingerprint density at radius 2 is 1.86 bits per heavy atom. The van der Waals surface area contributed by atoms with Crippen LogP contribution in [-0.2, 0) is 24.4 Å². The summed E-state index contributed by atoms with van der Waals surface area (Å²) in [4.78, 5) is 23.7. The Hall–Kier alpha value is -4.07. The van der Waals surface area contributed by atoms with E-state index >= 15 is 0 Å². The van der Waals surface area contributed by atoms with Gasteiger partial charge >= 0.3 is 5.97 Å². The number of hydrogen-bond acceptors (Lipinski definition) is 6. The molecule has 8 nitrogen and oxygen atoms in total. The number of esters is 1. The van der Waals surface area contributed by atoms with Gasteiger partial charge in [0.2, 0.25) is 0 Å². The molecular weight excluding hydrogens is 444 g/mol. The van der Waals surface area contributed by atoms with Gasteiger partial charge in [-0.15, -0.1) is 0 Å². The van der Waals surface area contributed by atoms with E-state index in [1.54, 1.807) is 26.4 Å². The number of ether oxygens (including phenoxy) is 3. The first kappa shape index (κ1) is 24.1. The van der Waals surface area contributed by atoms with Gasteiger partial charge in [0.15, 0.2) is 5.96 Å². The number of aromatic nitrogens is 1. The maximum absolute atomic E-state index is 12.1. The van der Waals surface area contributed by atoms with Crippen molar-refractivity contribution in [2.75, 3.05) is 26.6 Å². The van der Waals surface area contributed by atoms with Gasteiger partial charge in [-0.25, -0.2) is 9.79 Å². The first-order chi connectivity index (χ1) is 16.9. The molecule has 3 aromatic rings. The van der Waals surface area contributed by atoms with Gasteiger partial charge in [0.1, 0.15) is 11.5 Å². The maximum atomic E-state index is 12.1. The van der Waals surface area contributed by atoms with Crippen molar-refractivity contribution in [3.8, 4) is 11.5 Å². The van der Waals surface area contributed by atoms with Gasteiger partial charge in [-0.2, -0.15) is 0 Å². The summed E-state index contributed by atoms with van der Waals surface area (Å²) < 4.78 is 15.7. The van der Waals surface area contributed by atoms with Crippen molar-refractivity contribution >= 4 is 17.6 Å². The molecule has 4 rings (SSSR count). The number of rotatable bonds is 7. The van der Waals surface area contributed by atoms with Crippen molar-refractivity contribution in [2.45, 2.75) is 33.5 Å². The first-order valence-electron chi connectivity index (χ1n) is 11.3. The molecule has 0 bridgehead atoms. The Kier molecular flexibility index (Phi) is 7.19. The van der Waals surface area contributed by atoms with Crippen molar-refractivity contribution in [2.24, 2.45) is 4.99 Å². The minimum Gasteiger partial charge on any atom is -0.497 e. The summed E-state index contributed by atoms with van der Waals surface area (Å²) in [6.45, 7) is 5.64. The fraction of sp³-hybridized carbons (Fsp3) is 0.296. The lowest BCUT2D eigenvalue weighted by atomic mass is 10.1. The van der Waals surface area contributed by atoms with Crippen LogP contribution in [0.15, 0.2) is 53.7 Å². The summed E-state index contributed by atoms with van der Waals surface area (Å²) in [5.74, 6) is 1.97. The lowest BCUT2D eigenvalue weighted by Gasteiger charge is -2.33. The van der Waals surface area contributed by atoms with Gasteiger partial charge < -0.3 is 24.4 Å². The molecule has 1 aliphatic rings. The van der Waals surface area contributed by atoms with Gasteiger partial charge in [-0.3, -0.25) is 4.98 Å². The van der Waals surface area contributed by atoms with E-state index in [0.29, 0.717) is 31.2 Å². The summed E-state index contributed by atoms with van der Waals surface area (Å²) in [5, 5.41) is 3.42. The number of aryl methyl sites for hydroxylation is 1. The zero-order valence-corrected chi connectivity index (χ0v) is 20.7. The minimum atomic E-state index is -0.375. The Morgan fingerprint density at radius 3 is 2.54 bits per heavy atom. The summed E-state index contributed by atoms with van der Waals surface area (Å²) in [7, 11) is 4.70. The van der Waals surface area contributed by atoms with Gasteiger partial charge in [-0.05, 0) is 49.2 Å². The molecule has 1 N–H and O–H groups in total. The maximum Gasteiger partial charge on any atom is 0.337 e. The molecule has 0 amide bonds. The summed E-state index contributed by atoms with van der Waals surface area (Å²) >= 11 is 0. The second-order valence-corrected chi connectivity index (χ2v) is 8.38. The number of carbonyl (C=O) groups is 1. The van der Waals surface area contributed by atoms with Crippen molar-refractivity contribution < 1.29 is 19.0 Å². The number of methoxy groups -OCH3 is 3. The molecule has 1 aromatic heterocycles. The molecule has 35 heavy (non-hydrogen) atoms. The van der Waals surface area contributed by atoms with E-state index in [9.17, 15) is 4.79 Å². The zero-order valence-electron chi connectivity index (χ0n) is 20.7. The number of nitrogens with zero attached hydrogens (tertiary/aromatic N) is 3. The van der Waals surface area contributed by atoms with Crippen LogP contribution in [-0.4, -0.2) is 43.1 Å². The highest BCUT2D eigenvalue weighted by atomic mass is 16.5. The molecule has 0 fully saturated rings. The third kappa shape index (κ3) is 5.21.